The fraction of sp³-hybridized carbons (Fsp3) is 0.611. The van der Waals surface area contributed by atoms with Crippen molar-refractivity contribution in [3.8, 4) is 0 Å². The summed E-state index contributed by atoms with van der Waals surface area (Å²) in [6.07, 6.45) is 8.56. The van der Waals surface area contributed by atoms with Gasteiger partial charge in [0.1, 0.15) is 5.54 Å². The van der Waals surface area contributed by atoms with E-state index in [0.29, 0.717) is 0 Å². The van der Waals surface area contributed by atoms with Crippen LogP contribution in [0.4, 0.5) is 0 Å². The molecule has 2 aliphatic rings. The van der Waals surface area contributed by atoms with Crippen molar-refractivity contribution in [3.05, 3.63) is 35.4 Å². The molecular weight excluding hydrogens is 262 g/mol. The molecule has 114 valence electrons. The molecule has 3 heteroatoms. The maximum atomic E-state index is 12.4. The highest BCUT2D eigenvalue weighted by molar-refractivity contribution is 5.81. The second-order valence-electron chi connectivity index (χ2n) is 6.43. The zero-order valence-electron chi connectivity index (χ0n) is 12.7. The Labute approximate surface area is 127 Å². The molecule has 21 heavy (non-hydrogen) atoms. The molecular formula is C18H25NO2. The van der Waals surface area contributed by atoms with Gasteiger partial charge in [-0.2, -0.15) is 0 Å². The first-order valence-corrected chi connectivity index (χ1v) is 8.32. The summed E-state index contributed by atoms with van der Waals surface area (Å²) < 4.78 is 0. The van der Waals surface area contributed by atoms with E-state index < -0.39 is 11.5 Å². The van der Waals surface area contributed by atoms with Crippen LogP contribution in [0.5, 0.6) is 0 Å². The van der Waals surface area contributed by atoms with Crippen LogP contribution in [0.1, 0.15) is 56.1 Å². The van der Waals surface area contributed by atoms with Crippen LogP contribution in [-0.2, 0) is 16.8 Å². The predicted octanol–water partition coefficient (Wildman–Crippen LogP) is 3.57. The number of hydrogen-bond acceptors (Lipinski definition) is 2. The normalized spacial score (nSPS) is 27.4. The third-order valence-electron chi connectivity index (χ3n) is 5.20. The summed E-state index contributed by atoms with van der Waals surface area (Å²) in [7, 11) is 0. The van der Waals surface area contributed by atoms with Crippen LogP contribution in [-0.4, -0.2) is 29.1 Å². The van der Waals surface area contributed by atoms with Crippen molar-refractivity contribution in [1.29, 1.82) is 0 Å². The highest BCUT2D eigenvalue weighted by Gasteiger charge is 2.47. The van der Waals surface area contributed by atoms with Crippen LogP contribution >= 0.6 is 0 Å². The van der Waals surface area contributed by atoms with Gasteiger partial charge in [0.25, 0.3) is 0 Å². The monoisotopic (exact) mass is 287 g/mol. The maximum Gasteiger partial charge on any atom is 0.328 e. The predicted molar refractivity (Wildman–Crippen MR) is 83.4 cm³/mol. The minimum Gasteiger partial charge on any atom is -0.480 e. The van der Waals surface area contributed by atoms with Gasteiger partial charge in [0, 0.05) is 0 Å². The molecule has 3 rings (SSSR count). The van der Waals surface area contributed by atoms with E-state index in [9.17, 15) is 9.90 Å². The Kier molecular flexibility index (Phi) is 4.29. The van der Waals surface area contributed by atoms with Gasteiger partial charge >= 0.3 is 5.97 Å². The molecule has 1 N–H and O–H groups in total. The second kappa shape index (κ2) is 6.18. The summed E-state index contributed by atoms with van der Waals surface area (Å²) in [6, 6.07) is 8.22. The van der Waals surface area contributed by atoms with Crippen molar-refractivity contribution < 1.29 is 9.90 Å². The number of carboxylic acids is 1. The molecule has 1 unspecified atom stereocenters. The van der Waals surface area contributed by atoms with Gasteiger partial charge in [-0.05, 0) is 56.3 Å². The Balaban J connectivity index is 2.09. The van der Waals surface area contributed by atoms with Crippen molar-refractivity contribution in [1.82, 2.24) is 4.90 Å². The van der Waals surface area contributed by atoms with Gasteiger partial charge in [0.05, 0.1) is 0 Å². The number of benzene rings is 1. The second-order valence-corrected chi connectivity index (χ2v) is 6.43. The van der Waals surface area contributed by atoms with E-state index in [1.54, 1.807) is 0 Å². The summed E-state index contributed by atoms with van der Waals surface area (Å²) in [6.45, 7) is 1.83. The quantitative estimate of drug-likeness (QED) is 0.845. The SMILES string of the molecule is O=C(O)C1(N2CCCCCC2)CCCCc2ccccc21. The maximum absolute atomic E-state index is 12.4. The van der Waals surface area contributed by atoms with Gasteiger partial charge in [0.15, 0.2) is 0 Å². The molecule has 1 aromatic carbocycles. The number of fused-ring (bicyclic) bond motifs is 1. The van der Waals surface area contributed by atoms with Crippen molar-refractivity contribution in [2.75, 3.05) is 13.1 Å². The van der Waals surface area contributed by atoms with Crippen LogP contribution in [0.25, 0.3) is 0 Å². The number of rotatable bonds is 2. The van der Waals surface area contributed by atoms with Crippen LogP contribution in [0.15, 0.2) is 24.3 Å². The Morgan fingerprint density at radius 3 is 2.43 bits per heavy atom. The molecule has 0 aromatic heterocycles. The van der Waals surface area contributed by atoms with E-state index in [2.05, 4.69) is 17.0 Å². The van der Waals surface area contributed by atoms with Gasteiger partial charge in [-0.3, -0.25) is 4.90 Å². The summed E-state index contributed by atoms with van der Waals surface area (Å²) in [5.74, 6) is -0.654. The average molecular weight is 287 g/mol. The Morgan fingerprint density at radius 1 is 1.00 bits per heavy atom. The molecule has 0 saturated carbocycles. The molecule has 0 spiro atoms. The van der Waals surface area contributed by atoms with Crippen LogP contribution < -0.4 is 0 Å². The molecule has 1 heterocycles. The molecule has 1 aromatic rings. The lowest BCUT2D eigenvalue weighted by Gasteiger charge is -2.41. The third-order valence-corrected chi connectivity index (χ3v) is 5.20. The highest BCUT2D eigenvalue weighted by Crippen LogP contribution is 2.40. The summed E-state index contributed by atoms with van der Waals surface area (Å²) in [5, 5.41) is 10.2. The van der Waals surface area contributed by atoms with Crippen LogP contribution in [0.2, 0.25) is 0 Å². The van der Waals surface area contributed by atoms with E-state index in [0.717, 1.165) is 57.2 Å². The molecule has 1 atom stereocenters. The Bertz CT molecular complexity index is 506. The summed E-state index contributed by atoms with van der Waals surface area (Å²) in [5.41, 5.74) is 1.50. The van der Waals surface area contributed by atoms with Gasteiger partial charge < -0.3 is 5.11 Å². The Hall–Kier alpha value is -1.35. The van der Waals surface area contributed by atoms with Gasteiger partial charge in [-0.15, -0.1) is 0 Å². The summed E-state index contributed by atoms with van der Waals surface area (Å²) in [4.78, 5) is 14.6. The van der Waals surface area contributed by atoms with Gasteiger partial charge in [-0.25, -0.2) is 4.79 Å². The third kappa shape index (κ3) is 2.59. The first-order valence-electron chi connectivity index (χ1n) is 8.32. The van der Waals surface area contributed by atoms with E-state index in [1.807, 2.05) is 12.1 Å². The van der Waals surface area contributed by atoms with Crippen molar-refractivity contribution in [2.24, 2.45) is 0 Å². The largest absolute Gasteiger partial charge is 0.480 e. The number of carboxylic acid groups (broad SMARTS) is 1. The molecule has 3 nitrogen and oxygen atoms in total. The Morgan fingerprint density at radius 2 is 1.71 bits per heavy atom. The highest BCUT2D eigenvalue weighted by atomic mass is 16.4. The van der Waals surface area contributed by atoms with Crippen LogP contribution in [0, 0.1) is 0 Å². The number of hydrogen-bond donors (Lipinski definition) is 1. The molecule has 1 fully saturated rings. The van der Waals surface area contributed by atoms with E-state index >= 15 is 0 Å². The number of aliphatic carboxylic acids is 1. The molecule has 1 saturated heterocycles. The van der Waals surface area contributed by atoms with E-state index in [-0.39, 0.29) is 0 Å². The zero-order valence-corrected chi connectivity index (χ0v) is 12.7. The lowest BCUT2D eigenvalue weighted by atomic mass is 9.82. The minimum absolute atomic E-state index is 0.654. The van der Waals surface area contributed by atoms with Gasteiger partial charge in [-0.1, -0.05) is 43.5 Å². The minimum atomic E-state index is -0.794. The number of carbonyl (C=O) groups is 1. The number of aryl methyl sites for hydroxylation is 1. The smallest absolute Gasteiger partial charge is 0.328 e. The fourth-order valence-corrected chi connectivity index (χ4v) is 4.11. The average Bonchev–Trinajstić information content (AvgIpc) is 2.86. The molecule has 0 bridgehead atoms. The molecule has 1 aliphatic heterocycles. The van der Waals surface area contributed by atoms with E-state index in [4.69, 9.17) is 0 Å². The summed E-state index contributed by atoms with van der Waals surface area (Å²) >= 11 is 0. The number of nitrogens with zero attached hydrogens (tertiary/aromatic N) is 1. The number of likely N-dealkylation sites (tertiary alicyclic amines) is 1. The first kappa shape index (κ1) is 14.6. The van der Waals surface area contributed by atoms with Gasteiger partial charge in [0.2, 0.25) is 0 Å². The molecule has 1 aliphatic carbocycles. The fourth-order valence-electron chi connectivity index (χ4n) is 4.11. The van der Waals surface area contributed by atoms with Crippen molar-refractivity contribution in [3.63, 3.8) is 0 Å². The van der Waals surface area contributed by atoms with E-state index in [1.165, 1.54) is 18.4 Å². The van der Waals surface area contributed by atoms with Crippen LogP contribution in [0.3, 0.4) is 0 Å². The lowest BCUT2D eigenvalue weighted by molar-refractivity contribution is -0.153. The zero-order chi connectivity index (χ0) is 14.7. The molecule has 0 amide bonds. The molecule has 0 radical (unpaired) electrons. The standard InChI is InChI=1S/C18H25NO2/c20-17(21)18(19-13-7-1-2-8-14-19)12-6-5-10-15-9-3-4-11-16(15)18/h3-4,9,11H,1-2,5-8,10,12-14H2,(H,20,21). The lowest BCUT2D eigenvalue weighted by Crippen LogP contribution is -2.52. The van der Waals surface area contributed by atoms with Crippen molar-refractivity contribution in [2.45, 2.75) is 56.9 Å². The first-order chi connectivity index (χ1) is 10.2. The topological polar surface area (TPSA) is 40.5 Å². The van der Waals surface area contributed by atoms with Crippen molar-refractivity contribution >= 4 is 5.97 Å².